The SMILES string of the molecule is O=C(NCc1ccc(F)cc1F)c1cn2c(c(O)c1=O)C(=O)N([C@H]1CCCC[C@H]1CNCCN1CCOCC1)CC2. The Balaban J connectivity index is 1.24. The van der Waals surface area contributed by atoms with Gasteiger partial charge in [0, 0.05) is 69.7 Å². The number of benzene rings is 1. The molecular weight excluding hydrogens is 536 g/mol. The minimum absolute atomic E-state index is 0.0102. The Labute approximate surface area is 237 Å². The lowest BCUT2D eigenvalue weighted by molar-refractivity contribution is 0.0372. The largest absolute Gasteiger partial charge is 0.503 e. The molecule has 3 heterocycles. The molecule has 2 fully saturated rings. The number of morpholine rings is 1. The summed E-state index contributed by atoms with van der Waals surface area (Å²) in [6, 6.07) is 2.97. The van der Waals surface area contributed by atoms with E-state index in [-0.39, 0.29) is 35.3 Å². The molecule has 3 N–H and O–H groups in total. The number of ether oxygens (including phenoxy) is 1. The summed E-state index contributed by atoms with van der Waals surface area (Å²) >= 11 is 0. The zero-order valence-electron chi connectivity index (χ0n) is 23.0. The van der Waals surface area contributed by atoms with Gasteiger partial charge >= 0.3 is 0 Å². The number of aromatic nitrogens is 1. The third kappa shape index (κ3) is 6.60. The van der Waals surface area contributed by atoms with Crippen molar-refractivity contribution >= 4 is 11.8 Å². The summed E-state index contributed by atoms with van der Waals surface area (Å²) in [6.45, 7) is 6.43. The van der Waals surface area contributed by atoms with Gasteiger partial charge < -0.3 is 29.9 Å². The monoisotopic (exact) mass is 573 g/mol. The van der Waals surface area contributed by atoms with E-state index in [1.807, 2.05) is 0 Å². The van der Waals surface area contributed by atoms with Crippen LogP contribution in [0.5, 0.6) is 5.75 Å². The minimum atomic E-state index is -0.964. The molecule has 1 aromatic carbocycles. The van der Waals surface area contributed by atoms with Crippen LogP contribution in [0.1, 0.15) is 52.1 Å². The van der Waals surface area contributed by atoms with E-state index in [0.717, 1.165) is 77.7 Å². The summed E-state index contributed by atoms with van der Waals surface area (Å²) in [7, 11) is 0. The molecule has 5 rings (SSSR count). The molecule has 1 aliphatic carbocycles. The molecule has 0 spiro atoms. The molecule has 41 heavy (non-hydrogen) atoms. The number of halogens is 2. The van der Waals surface area contributed by atoms with Gasteiger partial charge in [-0.25, -0.2) is 8.78 Å². The molecule has 10 nitrogen and oxygen atoms in total. The van der Waals surface area contributed by atoms with Crippen molar-refractivity contribution in [3.05, 3.63) is 63.1 Å². The van der Waals surface area contributed by atoms with Crippen molar-refractivity contribution < 1.29 is 28.2 Å². The molecule has 3 aliphatic rings. The average Bonchev–Trinajstić information content (AvgIpc) is 2.97. The molecule has 2 atom stereocenters. The van der Waals surface area contributed by atoms with Crippen LogP contribution in [-0.4, -0.2) is 89.8 Å². The zero-order chi connectivity index (χ0) is 28.9. The molecule has 0 bridgehead atoms. The van der Waals surface area contributed by atoms with Crippen LogP contribution < -0.4 is 16.1 Å². The van der Waals surface area contributed by atoms with Crippen molar-refractivity contribution in [3.8, 4) is 5.75 Å². The second kappa shape index (κ2) is 13.1. The van der Waals surface area contributed by atoms with Crippen LogP contribution in [0.15, 0.2) is 29.2 Å². The molecular formula is C29H37F2N5O5. The van der Waals surface area contributed by atoms with Gasteiger partial charge in [0.05, 0.1) is 13.2 Å². The fourth-order valence-corrected chi connectivity index (χ4v) is 6.10. The Morgan fingerprint density at radius 1 is 1.07 bits per heavy atom. The number of amides is 2. The van der Waals surface area contributed by atoms with Crippen LogP contribution in [-0.2, 0) is 17.8 Å². The highest BCUT2D eigenvalue weighted by Crippen LogP contribution is 2.32. The van der Waals surface area contributed by atoms with Crippen molar-refractivity contribution in [2.45, 2.75) is 44.8 Å². The maximum Gasteiger partial charge on any atom is 0.274 e. The molecule has 0 radical (unpaired) electrons. The maximum absolute atomic E-state index is 13.9. The highest BCUT2D eigenvalue weighted by atomic mass is 19.1. The van der Waals surface area contributed by atoms with Crippen molar-refractivity contribution in [2.24, 2.45) is 5.92 Å². The first kappa shape index (κ1) is 29.2. The van der Waals surface area contributed by atoms with Crippen molar-refractivity contribution in [2.75, 3.05) is 52.5 Å². The van der Waals surface area contributed by atoms with Crippen LogP contribution in [0.3, 0.4) is 0 Å². The van der Waals surface area contributed by atoms with Crippen LogP contribution >= 0.6 is 0 Å². The molecule has 1 aromatic heterocycles. The average molecular weight is 574 g/mol. The quantitative estimate of drug-likeness (QED) is 0.391. The molecule has 222 valence electrons. The highest BCUT2D eigenvalue weighted by Gasteiger charge is 2.38. The molecule has 0 unspecified atom stereocenters. The van der Waals surface area contributed by atoms with Gasteiger partial charge in [0.25, 0.3) is 11.8 Å². The first-order valence-corrected chi connectivity index (χ1v) is 14.3. The first-order valence-electron chi connectivity index (χ1n) is 14.3. The van der Waals surface area contributed by atoms with Gasteiger partial charge in [-0.05, 0) is 31.4 Å². The molecule has 2 aliphatic heterocycles. The van der Waals surface area contributed by atoms with Crippen molar-refractivity contribution in [1.29, 1.82) is 0 Å². The zero-order valence-corrected chi connectivity index (χ0v) is 23.0. The molecule has 2 amide bonds. The lowest BCUT2D eigenvalue weighted by Gasteiger charge is -2.42. The number of nitrogens with zero attached hydrogens (tertiary/aromatic N) is 3. The summed E-state index contributed by atoms with van der Waals surface area (Å²) in [5.74, 6) is -3.32. The minimum Gasteiger partial charge on any atom is -0.503 e. The van der Waals surface area contributed by atoms with Gasteiger partial charge in [-0.3, -0.25) is 19.3 Å². The third-order valence-corrected chi connectivity index (χ3v) is 8.38. The van der Waals surface area contributed by atoms with E-state index in [1.165, 1.54) is 16.8 Å². The number of carbonyl (C=O) groups is 2. The molecule has 2 aromatic rings. The number of fused-ring (bicyclic) bond motifs is 1. The number of aromatic hydroxyl groups is 1. The summed E-state index contributed by atoms with van der Waals surface area (Å²) in [6.07, 6.45) is 5.22. The Morgan fingerprint density at radius 2 is 1.85 bits per heavy atom. The topological polar surface area (TPSA) is 116 Å². The first-order chi connectivity index (χ1) is 19.8. The Kier molecular flexibility index (Phi) is 9.31. The Bertz CT molecular complexity index is 1330. The van der Waals surface area contributed by atoms with Crippen LogP contribution in [0, 0.1) is 17.6 Å². The molecule has 1 saturated carbocycles. The van der Waals surface area contributed by atoms with Gasteiger partial charge in [-0.2, -0.15) is 0 Å². The van der Waals surface area contributed by atoms with Crippen LogP contribution in [0.4, 0.5) is 8.78 Å². The standard InChI is InChI=1S/C29H37F2N5O5/c30-21-6-5-19(23(31)15-21)17-33-28(39)22-18-35-9-10-36(29(40)25(35)27(38)26(22)37)24-4-2-1-3-20(24)16-32-7-8-34-11-13-41-14-12-34/h5-6,15,18,20,24,32,38H,1-4,7-14,16-17H2,(H,33,39)/t20-,24-/m0/s1. The van der Waals surface area contributed by atoms with E-state index in [0.29, 0.717) is 19.2 Å². The van der Waals surface area contributed by atoms with E-state index in [1.54, 1.807) is 4.90 Å². The summed E-state index contributed by atoms with van der Waals surface area (Å²) in [5, 5.41) is 16.8. The number of pyridine rings is 1. The highest BCUT2D eigenvalue weighted by molar-refractivity contribution is 5.99. The Hall–Kier alpha value is -3.35. The van der Waals surface area contributed by atoms with Gasteiger partial charge in [-0.15, -0.1) is 0 Å². The van der Waals surface area contributed by atoms with E-state index in [2.05, 4.69) is 15.5 Å². The van der Waals surface area contributed by atoms with Crippen molar-refractivity contribution in [3.63, 3.8) is 0 Å². The van der Waals surface area contributed by atoms with E-state index >= 15 is 0 Å². The summed E-state index contributed by atoms with van der Waals surface area (Å²) in [5.41, 5.74) is -1.39. The number of hydrogen-bond donors (Lipinski definition) is 3. The second-order valence-corrected chi connectivity index (χ2v) is 10.9. The predicted octanol–water partition coefficient (Wildman–Crippen LogP) is 1.70. The number of carbonyl (C=O) groups excluding carboxylic acids is 2. The van der Waals surface area contributed by atoms with Crippen LogP contribution in [0.2, 0.25) is 0 Å². The Morgan fingerprint density at radius 3 is 2.63 bits per heavy atom. The number of hydrogen-bond acceptors (Lipinski definition) is 7. The normalized spacial score (nSPS) is 21.5. The third-order valence-electron chi connectivity index (χ3n) is 8.38. The smallest absolute Gasteiger partial charge is 0.274 e. The second-order valence-electron chi connectivity index (χ2n) is 10.9. The summed E-state index contributed by atoms with van der Waals surface area (Å²) < 4.78 is 34.0. The summed E-state index contributed by atoms with van der Waals surface area (Å²) in [4.78, 5) is 43.5. The lowest BCUT2D eigenvalue weighted by Crippen LogP contribution is -2.53. The molecule has 1 saturated heterocycles. The fraction of sp³-hybridized carbons (Fsp3) is 0.552. The van der Waals surface area contributed by atoms with E-state index < -0.39 is 34.6 Å². The van der Waals surface area contributed by atoms with Crippen LogP contribution in [0.25, 0.3) is 0 Å². The fourth-order valence-electron chi connectivity index (χ4n) is 6.10. The van der Waals surface area contributed by atoms with E-state index in [9.17, 15) is 28.3 Å². The predicted molar refractivity (Wildman–Crippen MR) is 147 cm³/mol. The van der Waals surface area contributed by atoms with E-state index in [4.69, 9.17) is 4.74 Å². The number of nitrogens with one attached hydrogen (secondary N) is 2. The van der Waals surface area contributed by atoms with Gasteiger partial charge in [0.1, 0.15) is 17.2 Å². The molecule has 12 heteroatoms. The van der Waals surface area contributed by atoms with Gasteiger partial charge in [-0.1, -0.05) is 18.9 Å². The number of rotatable bonds is 9. The van der Waals surface area contributed by atoms with Gasteiger partial charge in [0.15, 0.2) is 11.4 Å². The van der Waals surface area contributed by atoms with Gasteiger partial charge in [0.2, 0.25) is 5.43 Å². The maximum atomic E-state index is 13.9. The van der Waals surface area contributed by atoms with Crippen molar-refractivity contribution in [1.82, 2.24) is 25.0 Å². The lowest BCUT2D eigenvalue weighted by atomic mass is 9.83.